The van der Waals surface area contributed by atoms with Gasteiger partial charge < -0.3 is 19.3 Å². The second kappa shape index (κ2) is 9.61. The minimum Gasteiger partial charge on any atom is -0.494 e. The molecule has 2 aromatic carbocycles. The van der Waals surface area contributed by atoms with Gasteiger partial charge in [0.2, 0.25) is 0 Å². The molecule has 2 aliphatic heterocycles. The number of benzene rings is 2. The number of aryl methyl sites for hydroxylation is 2. The van der Waals surface area contributed by atoms with Crippen molar-refractivity contribution >= 4 is 5.97 Å². The molecule has 0 radical (unpaired) electrons. The molecule has 2 heterocycles. The number of ether oxygens (including phenoxy) is 3. The smallest absolute Gasteiger partial charge is 0.309 e. The molecule has 0 aromatic heterocycles. The van der Waals surface area contributed by atoms with Gasteiger partial charge in [0, 0.05) is 11.5 Å². The average molecular weight is 467 g/mol. The summed E-state index contributed by atoms with van der Waals surface area (Å²) in [5, 5.41) is 10.1. The van der Waals surface area contributed by atoms with E-state index in [0.717, 1.165) is 28.2 Å². The number of hydrogen-bond acceptors (Lipinski definition) is 4. The van der Waals surface area contributed by atoms with Crippen LogP contribution in [0.1, 0.15) is 81.7 Å². The number of carboxylic acid groups (broad SMARTS) is 1. The monoisotopic (exact) mass is 466 g/mol. The number of carboxylic acids is 1. The van der Waals surface area contributed by atoms with Crippen LogP contribution in [0, 0.1) is 18.8 Å². The summed E-state index contributed by atoms with van der Waals surface area (Å²) in [6.45, 7) is 13.2. The lowest BCUT2D eigenvalue weighted by atomic mass is 9.70. The van der Waals surface area contributed by atoms with Gasteiger partial charge in [0.1, 0.15) is 17.1 Å². The second-order valence-corrected chi connectivity index (χ2v) is 10.5. The number of fused-ring (bicyclic) bond motifs is 3. The van der Waals surface area contributed by atoms with Gasteiger partial charge in [-0.2, -0.15) is 0 Å². The van der Waals surface area contributed by atoms with Crippen molar-refractivity contribution in [2.75, 3.05) is 6.61 Å². The highest BCUT2D eigenvalue weighted by atomic mass is 16.5. The summed E-state index contributed by atoms with van der Waals surface area (Å²) in [6, 6.07) is 12.3. The SMILES string of the molecule is CCOc1ccccc1CC[C@@H]1O[C@@H]2c3c(C)ccc(C(C)C)c3OC(C)(C)[C@H]2C[C@@H]1C(=O)O. The van der Waals surface area contributed by atoms with Gasteiger partial charge in [-0.05, 0) is 75.6 Å². The summed E-state index contributed by atoms with van der Waals surface area (Å²) in [4.78, 5) is 12.3. The minimum absolute atomic E-state index is 0.0332. The van der Waals surface area contributed by atoms with Gasteiger partial charge in [-0.3, -0.25) is 4.79 Å². The Kier molecular flexibility index (Phi) is 6.95. The molecule has 34 heavy (non-hydrogen) atoms. The maximum absolute atomic E-state index is 12.3. The first kappa shape index (κ1) is 24.6. The fraction of sp³-hybridized carbons (Fsp3) is 0.552. The average Bonchev–Trinajstić information content (AvgIpc) is 2.77. The standard InChI is InChI=1S/C29H38O5/c1-7-32-23-11-9-8-10-19(23)13-15-24-21(28(30)31)16-22-27(33-24)25-18(4)12-14-20(17(2)3)26(25)34-29(22,5)6/h8-12,14,17,21-22,24,27H,7,13,15-16H2,1-6H3,(H,30,31)/t21-,22-,24-,27-/m0/s1. The zero-order valence-corrected chi connectivity index (χ0v) is 21.3. The number of carbonyl (C=O) groups is 1. The maximum atomic E-state index is 12.3. The van der Waals surface area contributed by atoms with Crippen molar-refractivity contribution in [1.29, 1.82) is 0 Å². The number of para-hydroxylation sites is 1. The summed E-state index contributed by atoms with van der Waals surface area (Å²) in [7, 11) is 0. The van der Waals surface area contributed by atoms with Crippen LogP contribution >= 0.6 is 0 Å². The molecule has 0 spiro atoms. The lowest BCUT2D eigenvalue weighted by molar-refractivity contribution is -0.188. The van der Waals surface area contributed by atoms with E-state index >= 15 is 0 Å². The molecule has 1 saturated heterocycles. The molecule has 0 amide bonds. The van der Waals surface area contributed by atoms with Crippen molar-refractivity contribution in [3.8, 4) is 11.5 Å². The van der Waals surface area contributed by atoms with E-state index in [1.54, 1.807) is 0 Å². The van der Waals surface area contributed by atoms with Gasteiger partial charge in [-0.1, -0.05) is 44.2 Å². The van der Waals surface area contributed by atoms with Crippen LogP contribution in [0.2, 0.25) is 0 Å². The summed E-state index contributed by atoms with van der Waals surface area (Å²) in [5.41, 5.74) is 3.98. The maximum Gasteiger partial charge on any atom is 0.309 e. The molecule has 2 aromatic rings. The predicted molar refractivity (Wildman–Crippen MR) is 133 cm³/mol. The largest absolute Gasteiger partial charge is 0.494 e. The topological polar surface area (TPSA) is 65.0 Å². The lowest BCUT2D eigenvalue weighted by Crippen LogP contribution is -2.52. The van der Waals surface area contributed by atoms with Crippen molar-refractivity contribution in [2.45, 2.75) is 84.5 Å². The van der Waals surface area contributed by atoms with Crippen molar-refractivity contribution in [3.05, 3.63) is 58.7 Å². The van der Waals surface area contributed by atoms with Crippen molar-refractivity contribution in [1.82, 2.24) is 0 Å². The van der Waals surface area contributed by atoms with Gasteiger partial charge in [0.15, 0.2) is 0 Å². The van der Waals surface area contributed by atoms with E-state index in [1.807, 2.05) is 25.1 Å². The highest BCUT2D eigenvalue weighted by Gasteiger charge is 2.52. The van der Waals surface area contributed by atoms with Gasteiger partial charge >= 0.3 is 5.97 Å². The summed E-state index contributed by atoms with van der Waals surface area (Å²) < 4.78 is 19.2. The molecule has 5 nitrogen and oxygen atoms in total. The van der Waals surface area contributed by atoms with E-state index < -0.39 is 17.5 Å². The molecule has 0 aliphatic carbocycles. The Morgan fingerprint density at radius 3 is 2.62 bits per heavy atom. The summed E-state index contributed by atoms with van der Waals surface area (Å²) in [5.74, 6) is 0.711. The molecule has 0 unspecified atom stereocenters. The third-order valence-electron chi connectivity index (χ3n) is 7.54. The van der Waals surface area contributed by atoms with Crippen molar-refractivity contribution in [3.63, 3.8) is 0 Å². The highest BCUT2D eigenvalue weighted by Crippen LogP contribution is 2.55. The molecule has 0 bridgehead atoms. The zero-order valence-electron chi connectivity index (χ0n) is 21.3. The predicted octanol–water partition coefficient (Wildman–Crippen LogP) is 6.47. The molecular formula is C29H38O5. The molecule has 0 saturated carbocycles. The fourth-order valence-corrected chi connectivity index (χ4v) is 5.65. The number of hydrogen-bond donors (Lipinski definition) is 1. The Labute approximate surface area is 203 Å². The van der Waals surface area contributed by atoms with Crippen LogP contribution in [0.15, 0.2) is 36.4 Å². The van der Waals surface area contributed by atoms with Crippen LogP contribution in [0.25, 0.3) is 0 Å². The number of rotatable bonds is 7. The minimum atomic E-state index is -0.796. The van der Waals surface area contributed by atoms with Crippen LogP contribution in [0.4, 0.5) is 0 Å². The molecular weight excluding hydrogens is 428 g/mol. The van der Waals surface area contributed by atoms with Crippen LogP contribution in [0.5, 0.6) is 11.5 Å². The van der Waals surface area contributed by atoms with Crippen LogP contribution in [0.3, 0.4) is 0 Å². The van der Waals surface area contributed by atoms with E-state index in [2.05, 4.69) is 52.8 Å². The van der Waals surface area contributed by atoms with E-state index in [0.29, 0.717) is 31.8 Å². The Bertz CT molecular complexity index is 1040. The molecule has 5 heteroatoms. The normalized spacial score (nSPS) is 25.3. The Balaban J connectivity index is 1.68. The Morgan fingerprint density at radius 2 is 1.94 bits per heavy atom. The summed E-state index contributed by atoms with van der Waals surface area (Å²) in [6.07, 6.45) is 1.32. The van der Waals surface area contributed by atoms with Gasteiger partial charge in [-0.25, -0.2) is 0 Å². The van der Waals surface area contributed by atoms with Crippen LogP contribution in [-0.2, 0) is 16.0 Å². The first-order valence-corrected chi connectivity index (χ1v) is 12.5. The van der Waals surface area contributed by atoms with Crippen LogP contribution < -0.4 is 9.47 Å². The van der Waals surface area contributed by atoms with E-state index in [9.17, 15) is 9.90 Å². The van der Waals surface area contributed by atoms with E-state index in [4.69, 9.17) is 14.2 Å². The number of aliphatic carboxylic acids is 1. The Hall–Kier alpha value is -2.53. The molecule has 1 N–H and O–H groups in total. The van der Waals surface area contributed by atoms with Gasteiger partial charge in [0.25, 0.3) is 0 Å². The molecule has 2 aliphatic rings. The quantitative estimate of drug-likeness (QED) is 0.507. The molecule has 184 valence electrons. The van der Waals surface area contributed by atoms with Crippen molar-refractivity contribution in [2.24, 2.45) is 11.8 Å². The molecule has 1 fully saturated rings. The Morgan fingerprint density at radius 1 is 1.21 bits per heavy atom. The first-order valence-electron chi connectivity index (χ1n) is 12.5. The van der Waals surface area contributed by atoms with Gasteiger partial charge in [0.05, 0.1) is 24.7 Å². The molecule has 4 atom stereocenters. The van der Waals surface area contributed by atoms with E-state index in [-0.39, 0.29) is 18.1 Å². The molecule has 4 rings (SSSR count). The third-order valence-corrected chi connectivity index (χ3v) is 7.54. The van der Waals surface area contributed by atoms with Crippen molar-refractivity contribution < 1.29 is 24.1 Å². The van der Waals surface area contributed by atoms with Gasteiger partial charge in [-0.15, -0.1) is 0 Å². The van der Waals surface area contributed by atoms with Crippen LogP contribution in [-0.4, -0.2) is 29.4 Å². The fourth-order valence-electron chi connectivity index (χ4n) is 5.65. The zero-order chi connectivity index (χ0) is 24.6. The lowest BCUT2D eigenvalue weighted by Gasteiger charge is -2.51. The second-order valence-electron chi connectivity index (χ2n) is 10.5. The van der Waals surface area contributed by atoms with E-state index in [1.165, 1.54) is 5.56 Å². The highest BCUT2D eigenvalue weighted by molar-refractivity contribution is 5.71. The summed E-state index contributed by atoms with van der Waals surface area (Å²) >= 11 is 0. The third kappa shape index (κ3) is 4.55. The first-order chi connectivity index (χ1) is 16.1.